The Morgan fingerprint density at radius 3 is 2.44 bits per heavy atom. The molecular formula is C14H21Cl2NO. The van der Waals surface area contributed by atoms with Gasteiger partial charge in [-0.15, -0.1) is 0 Å². The largest absolute Gasteiger partial charge is 0.393 e. The molecule has 0 fully saturated rings. The van der Waals surface area contributed by atoms with E-state index in [0.29, 0.717) is 10.0 Å². The highest BCUT2D eigenvalue weighted by Crippen LogP contribution is 2.28. The minimum atomic E-state index is -0.300. The number of aliphatic hydroxyl groups excluding tert-OH is 1. The minimum Gasteiger partial charge on any atom is -0.393 e. The molecule has 0 radical (unpaired) electrons. The van der Waals surface area contributed by atoms with Crippen molar-refractivity contribution in [2.45, 2.75) is 51.8 Å². The molecular weight excluding hydrogens is 269 g/mol. The first-order valence-corrected chi connectivity index (χ1v) is 7.08. The summed E-state index contributed by atoms with van der Waals surface area (Å²) in [5.41, 5.74) is 1.06. The van der Waals surface area contributed by atoms with Crippen molar-refractivity contribution < 1.29 is 5.11 Å². The number of halogens is 2. The Morgan fingerprint density at radius 2 is 1.94 bits per heavy atom. The Bertz CT molecular complexity index is 382. The van der Waals surface area contributed by atoms with E-state index in [9.17, 15) is 5.11 Å². The van der Waals surface area contributed by atoms with Crippen LogP contribution in [0, 0.1) is 0 Å². The van der Waals surface area contributed by atoms with Crippen LogP contribution < -0.4 is 5.32 Å². The van der Waals surface area contributed by atoms with Crippen LogP contribution in [0.3, 0.4) is 0 Å². The van der Waals surface area contributed by atoms with E-state index in [1.807, 2.05) is 12.1 Å². The zero-order valence-corrected chi connectivity index (χ0v) is 12.6. The molecule has 0 heterocycles. The van der Waals surface area contributed by atoms with Gasteiger partial charge < -0.3 is 10.4 Å². The van der Waals surface area contributed by atoms with Crippen molar-refractivity contribution in [3.63, 3.8) is 0 Å². The first-order chi connectivity index (χ1) is 8.43. The lowest BCUT2D eigenvalue weighted by atomic mass is 10.0. The highest BCUT2D eigenvalue weighted by atomic mass is 35.5. The molecule has 2 N–H and O–H groups in total. The second-order valence-corrected chi connectivity index (χ2v) is 5.62. The van der Waals surface area contributed by atoms with Gasteiger partial charge in [0, 0.05) is 22.1 Å². The van der Waals surface area contributed by atoms with Gasteiger partial charge >= 0.3 is 0 Å². The standard InChI is InChI=1S/C14H21Cl2NO/c1-4-14(17-9(2)7-10(3)18)12-6-5-11(15)8-13(12)16/h5-6,8-10,14,17-18H,4,7H2,1-3H3. The Kier molecular flexibility index (Phi) is 6.44. The molecule has 0 spiro atoms. The van der Waals surface area contributed by atoms with Gasteiger partial charge in [0.05, 0.1) is 6.10 Å². The number of hydrogen-bond donors (Lipinski definition) is 2. The zero-order chi connectivity index (χ0) is 13.7. The minimum absolute atomic E-state index is 0.184. The lowest BCUT2D eigenvalue weighted by Crippen LogP contribution is -2.32. The van der Waals surface area contributed by atoms with Gasteiger partial charge in [-0.3, -0.25) is 0 Å². The molecule has 1 aromatic rings. The number of benzene rings is 1. The molecule has 0 saturated heterocycles. The van der Waals surface area contributed by atoms with Gasteiger partial charge in [0.1, 0.15) is 0 Å². The van der Waals surface area contributed by atoms with E-state index < -0.39 is 0 Å². The van der Waals surface area contributed by atoms with E-state index in [0.717, 1.165) is 18.4 Å². The SMILES string of the molecule is CCC(NC(C)CC(C)O)c1ccc(Cl)cc1Cl. The van der Waals surface area contributed by atoms with Crippen molar-refractivity contribution in [3.8, 4) is 0 Å². The summed E-state index contributed by atoms with van der Waals surface area (Å²) in [5, 5.41) is 14.2. The van der Waals surface area contributed by atoms with Crippen LogP contribution in [0.1, 0.15) is 45.2 Å². The van der Waals surface area contributed by atoms with Crippen LogP contribution in [0.15, 0.2) is 18.2 Å². The highest BCUT2D eigenvalue weighted by molar-refractivity contribution is 6.35. The third kappa shape index (κ3) is 4.77. The van der Waals surface area contributed by atoms with E-state index in [4.69, 9.17) is 23.2 Å². The number of rotatable bonds is 6. The summed E-state index contributed by atoms with van der Waals surface area (Å²) in [7, 11) is 0. The summed E-state index contributed by atoms with van der Waals surface area (Å²) in [5.74, 6) is 0. The zero-order valence-electron chi connectivity index (χ0n) is 11.1. The molecule has 0 saturated carbocycles. The van der Waals surface area contributed by atoms with Crippen LogP contribution in [-0.2, 0) is 0 Å². The van der Waals surface area contributed by atoms with Crippen LogP contribution >= 0.6 is 23.2 Å². The van der Waals surface area contributed by atoms with Crippen molar-refractivity contribution >= 4 is 23.2 Å². The van der Waals surface area contributed by atoms with Crippen LogP contribution in [0.25, 0.3) is 0 Å². The predicted molar refractivity (Wildman–Crippen MR) is 78.4 cm³/mol. The molecule has 4 heteroatoms. The predicted octanol–water partition coefficient (Wildman–Crippen LogP) is 4.19. The Labute approximate surface area is 119 Å². The molecule has 3 atom stereocenters. The topological polar surface area (TPSA) is 32.3 Å². The van der Waals surface area contributed by atoms with Crippen molar-refractivity contribution in [2.24, 2.45) is 0 Å². The van der Waals surface area contributed by atoms with Crippen molar-refractivity contribution in [3.05, 3.63) is 33.8 Å². The van der Waals surface area contributed by atoms with Crippen molar-refractivity contribution in [1.29, 1.82) is 0 Å². The summed E-state index contributed by atoms with van der Waals surface area (Å²) in [6.07, 6.45) is 1.36. The number of nitrogens with one attached hydrogen (secondary N) is 1. The van der Waals surface area contributed by atoms with Crippen molar-refractivity contribution in [1.82, 2.24) is 5.32 Å². The Morgan fingerprint density at radius 1 is 1.28 bits per heavy atom. The molecule has 3 unspecified atom stereocenters. The van der Waals surface area contributed by atoms with E-state index in [1.165, 1.54) is 0 Å². The van der Waals surface area contributed by atoms with Crippen LogP contribution in [-0.4, -0.2) is 17.3 Å². The van der Waals surface area contributed by atoms with Crippen LogP contribution in [0.2, 0.25) is 10.0 Å². The van der Waals surface area contributed by atoms with Crippen LogP contribution in [0.5, 0.6) is 0 Å². The first-order valence-electron chi connectivity index (χ1n) is 6.33. The van der Waals surface area contributed by atoms with E-state index in [1.54, 1.807) is 13.0 Å². The number of hydrogen-bond acceptors (Lipinski definition) is 2. The molecule has 18 heavy (non-hydrogen) atoms. The van der Waals surface area contributed by atoms with Crippen LogP contribution in [0.4, 0.5) is 0 Å². The lowest BCUT2D eigenvalue weighted by molar-refractivity contribution is 0.167. The maximum atomic E-state index is 9.39. The Balaban J connectivity index is 2.76. The molecule has 0 aliphatic carbocycles. The summed E-state index contributed by atoms with van der Waals surface area (Å²) in [6, 6.07) is 6.00. The maximum Gasteiger partial charge on any atom is 0.0526 e. The first kappa shape index (κ1) is 15.8. The highest BCUT2D eigenvalue weighted by Gasteiger charge is 2.16. The maximum absolute atomic E-state index is 9.39. The van der Waals surface area contributed by atoms with E-state index >= 15 is 0 Å². The fourth-order valence-corrected chi connectivity index (χ4v) is 2.67. The molecule has 0 bridgehead atoms. The molecule has 0 aliphatic heterocycles. The van der Waals surface area contributed by atoms with Gasteiger partial charge in [-0.2, -0.15) is 0 Å². The average Bonchev–Trinajstić information content (AvgIpc) is 2.25. The van der Waals surface area contributed by atoms with Crippen molar-refractivity contribution in [2.75, 3.05) is 0 Å². The second kappa shape index (κ2) is 7.34. The van der Waals surface area contributed by atoms with Gasteiger partial charge in [-0.1, -0.05) is 36.2 Å². The average molecular weight is 290 g/mol. The summed E-state index contributed by atoms with van der Waals surface area (Å²) in [4.78, 5) is 0. The van der Waals surface area contributed by atoms with Gasteiger partial charge in [0.25, 0.3) is 0 Å². The van der Waals surface area contributed by atoms with E-state index in [2.05, 4.69) is 19.2 Å². The molecule has 0 aromatic heterocycles. The smallest absolute Gasteiger partial charge is 0.0526 e. The fraction of sp³-hybridized carbons (Fsp3) is 0.571. The monoisotopic (exact) mass is 289 g/mol. The van der Waals surface area contributed by atoms with Gasteiger partial charge in [-0.05, 0) is 44.4 Å². The molecule has 1 rings (SSSR count). The number of aliphatic hydroxyl groups is 1. The molecule has 2 nitrogen and oxygen atoms in total. The quantitative estimate of drug-likeness (QED) is 0.823. The summed E-state index contributed by atoms with van der Waals surface area (Å²) < 4.78 is 0. The molecule has 102 valence electrons. The third-order valence-electron chi connectivity index (χ3n) is 2.93. The Hall–Kier alpha value is -0.280. The molecule has 1 aromatic carbocycles. The van der Waals surface area contributed by atoms with Gasteiger partial charge in [-0.25, -0.2) is 0 Å². The third-order valence-corrected chi connectivity index (χ3v) is 3.49. The van der Waals surface area contributed by atoms with Gasteiger partial charge in [0.15, 0.2) is 0 Å². The van der Waals surface area contributed by atoms with Gasteiger partial charge in [0.2, 0.25) is 0 Å². The fourth-order valence-electron chi connectivity index (χ4n) is 2.13. The summed E-state index contributed by atoms with van der Waals surface area (Å²) >= 11 is 12.1. The molecule has 0 amide bonds. The normalized spacial score (nSPS) is 16.3. The molecule has 0 aliphatic rings. The summed E-state index contributed by atoms with van der Waals surface area (Å²) in [6.45, 7) is 5.98. The van der Waals surface area contributed by atoms with E-state index in [-0.39, 0.29) is 18.2 Å². The lowest BCUT2D eigenvalue weighted by Gasteiger charge is -2.24. The second-order valence-electron chi connectivity index (χ2n) is 4.78.